The van der Waals surface area contributed by atoms with E-state index in [-0.39, 0.29) is 12.0 Å². The van der Waals surface area contributed by atoms with Crippen molar-refractivity contribution in [2.24, 2.45) is 5.92 Å². The van der Waals surface area contributed by atoms with Crippen LogP contribution in [0.15, 0.2) is 0 Å². The summed E-state index contributed by atoms with van der Waals surface area (Å²) in [7, 11) is 0. The van der Waals surface area contributed by atoms with Crippen molar-refractivity contribution in [3.05, 3.63) is 0 Å². The maximum absolute atomic E-state index is 11.4. The summed E-state index contributed by atoms with van der Waals surface area (Å²) in [6.07, 6.45) is 0.138. The highest BCUT2D eigenvalue weighted by Gasteiger charge is 2.35. The number of rotatable bonds is 0. The minimum atomic E-state index is -0.676. The van der Waals surface area contributed by atoms with Gasteiger partial charge in [0.2, 0.25) is 0 Å². The van der Waals surface area contributed by atoms with E-state index in [0.717, 1.165) is 0 Å². The molecule has 1 amide bonds. The second-order valence-corrected chi connectivity index (χ2v) is 4.02. The lowest BCUT2D eigenvalue weighted by Crippen LogP contribution is -2.42. The average molecular weight is 171 g/mol. The third kappa shape index (κ3) is 1.78. The molecule has 0 radical (unpaired) electrons. The molecule has 12 heavy (non-hydrogen) atoms. The Bertz CT molecular complexity index is 189. The molecule has 0 bridgehead atoms. The van der Waals surface area contributed by atoms with Crippen molar-refractivity contribution >= 4 is 5.91 Å². The van der Waals surface area contributed by atoms with Crippen molar-refractivity contribution in [3.8, 4) is 0 Å². The number of hydrogen-bond acceptors (Lipinski definition) is 2. The molecule has 0 saturated carbocycles. The summed E-state index contributed by atoms with van der Waals surface area (Å²) < 4.78 is 5.61. The van der Waals surface area contributed by atoms with Gasteiger partial charge in [-0.25, -0.2) is 0 Å². The summed E-state index contributed by atoms with van der Waals surface area (Å²) in [5, 5.41) is 2.85. The zero-order valence-electron chi connectivity index (χ0n) is 8.18. The third-order valence-electron chi connectivity index (χ3n) is 2.41. The molecule has 0 aromatic rings. The minimum Gasteiger partial charge on any atom is -0.362 e. The molecule has 1 heterocycles. The molecule has 0 aromatic heterocycles. The van der Waals surface area contributed by atoms with Gasteiger partial charge < -0.3 is 10.1 Å². The van der Waals surface area contributed by atoms with Crippen LogP contribution in [-0.2, 0) is 9.53 Å². The topological polar surface area (TPSA) is 38.3 Å². The molecule has 1 N–H and O–H groups in total. The molecule has 2 atom stereocenters. The van der Waals surface area contributed by atoms with Crippen molar-refractivity contribution in [2.45, 2.75) is 39.4 Å². The van der Waals surface area contributed by atoms with Gasteiger partial charge in [0.05, 0.1) is 6.10 Å². The molecule has 1 saturated heterocycles. The van der Waals surface area contributed by atoms with E-state index in [1.807, 2.05) is 6.92 Å². The summed E-state index contributed by atoms with van der Waals surface area (Å²) in [6.45, 7) is 8.40. The maximum Gasteiger partial charge on any atom is 0.251 e. The first-order valence-corrected chi connectivity index (χ1v) is 4.39. The molecular weight excluding hydrogens is 154 g/mol. The molecule has 3 nitrogen and oxygen atoms in total. The molecule has 0 aliphatic carbocycles. The van der Waals surface area contributed by atoms with Crippen LogP contribution in [0.4, 0.5) is 0 Å². The highest BCUT2D eigenvalue weighted by molar-refractivity contribution is 5.84. The SMILES string of the molecule is CC1CNC(=O)C(C)(C)OC1C. The summed E-state index contributed by atoms with van der Waals surface area (Å²) in [5.74, 6) is 0.370. The van der Waals surface area contributed by atoms with Crippen LogP contribution < -0.4 is 5.32 Å². The Labute approximate surface area is 73.5 Å². The molecule has 1 aliphatic heterocycles. The average Bonchev–Trinajstić information content (AvgIpc) is 2.03. The molecule has 2 unspecified atom stereocenters. The van der Waals surface area contributed by atoms with Crippen molar-refractivity contribution in [1.29, 1.82) is 0 Å². The lowest BCUT2D eigenvalue weighted by atomic mass is 10.1. The van der Waals surface area contributed by atoms with Crippen LogP contribution >= 0.6 is 0 Å². The van der Waals surface area contributed by atoms with Crippen molar-refractivity contribution in [3.63, 3.8) is 0 Å². The third-order valence-corrected chi connectivity index (χ3v) is 2.41. The molecule has 70 valence electrons. The Hall–Kier alpha value is -0.570. The number of carbonyl (C=O) groups excluding carboxylic acids is 1. The zero-order chi connectivity index (χ0) is 9.35. The standard InChI is InChI=1S/C9H17NO2/c1-6-5-10-8(11)9(3,4)12-7(6)2/h6-7H,5H2,1-4H3,(H,10,11). The van der Waals surface area contributed by atoms with Crippen LogP contribution in [0, 0.1) is 5.92 Å². The first kappa shape index (κ1) is 9.52. The highest BCUT2D eigenvalue weighted by atomic mass is 16.5. The molecule has 1 rings (SSSR count). The molecule has 1 fully saturated rings. The van der Waals surface area contributed by atoms with Gasteiger partial charge in [0.1, 0.15) is 5.60 Å². The van der Waals surface area contributed by atoms with Gasteiger partial charge in [0.15, 0.2) is 0 Å². The quantitative estimate of drug-likeness (QED) is 0.589. The zero-order valence-corrected chi connectivity index (χ0v) is 8.18. The van der Waals surface area contributed by atoms with E-state index in [4.69, 9.17) is 4.74 Å². The fourth-order valence-electron chi connectivity index (χ4n) is 1.27. The Morgan fingerprint density at radius 1 is 1.50 bits per heavy atom. The van der Waals surface area contributed by atoms with Crippen LogP contribution in [-0.4, -0.2) is 24.2 Å². The van der Waals surface area contributed by atoms with Crippen LogP contribution in [0.25, 0.3) is 0 Å². The molecule has 0 aromatic carbocycles. The number of hydrogen-bond donors (Lipinski definition) is 1. The van der Waals surface area contributed by atoms with E-state index in [2.05, 4.69) is 12.2 Å². The summed E-state index contributed by atoms with van der Waals surface area (Å²) in [5.41, 5.74) is -0.676. The van der Waals surface area contributed by atoms with E-state index in [1.54, 1.807) is 13.8 Å². The van der Waals surface area contributed by atoms with Crippen LogP contribution in [0.1, 0.15) is 27.7 Å². The van der Waals surface area contributed by atoms with Gasteiger partial charge in [-0.05, 0) is 26.7 Å². The summed E-state index contributed by atoms with van der Waals surface area (Å²) >= 11 is 0. The van der Waals surface area contributed by atoms with Gasteiger partial charge in [-0.3, -0.25) is 4.79 Å². The Balaban J connectivity index is 2.75. The van der Waals surface area contributed by atoms with Crippen LogP contribution in [0.3, 0.4) is 0 Å². The lowest BCUT2D eigenvalue weighted by Gasteiger charge is -2.25. The van der Waals surface area contributed by atoms with E-state index in [9.17, 15) is 4.79 Å². The molecular formula is C9H17NO2. The minimum absolute atomic E-state index is 0.0151. The largest absolute Gasteiger partial charge is 0.362 e. The number of ether oxygens (including phenoxy) is 1. The van der Waals surface area contributed by atoms with Crippen LogP contribution in [0.5, 0.6) is 0 Å². The van der Waals surface area contributed by atoms with Gasteiger partial charge in [-0.2, -0.15) is 0 Å². The predicted octanol–water partition coefficient (Wildman–Crippen LogP) is 0.936. The molecule has 0 spiro atoms. The predicted molar refractivity (Wildman–Crippen MR) is 46.8 cm³/mol. The van der Waals surface area contributed by atoms with Gasteiger partial charge in [0, 0.05) is 6.54 Å². The summed E-state index contributed by atoms with van der Waals surface area (Å²) in [4.78, 5) is 11.4. The first-order valence-electron chi connectivity index (χ1n) is 4.39. The fourth-order valence-corrected chi connectivity index (χ4v) is 1.27. The number of carbonyl (C=O) groups is 1. The fraction of sp³-hybridized carbons (Fsp3) is 0.889. The molecule has 1 aliphatic rings. The molecule has 3 heteroatoms. The normalized spacial score (nSPS) is 35.5. The monoisotopic (exact) mass is 171 g/mol. The first-order chi connectivity index (χ1) is 5.43. The maximum atomic E-state index is 11.4. The number of nitrogens with one attached hydrogen (secondary N) is 1. The van der Waals surface area contributed by atoms with Crippen molar-refractivity contribution in [2.75, 3.05) is 6.54 Å². The van der Waals surface area contributed by atoms with Crippen molar-refractivity contribution < 1.29 is 9.53 Å². The van der Waals surface area contributed by atoms with Crippen molar-refractivity contribution in [1.82, 2.24) is 5.32 Å². The number of amides is 1. The van der Waals surface area contributed by atoms with Gasteiger partial charge >= 0.3 is 0 Å². The van der Waals surface area contributed by atoms with E-state index in [0.29, 0.717) is 12.5 Å². The smallest absolute Gasteiger partial charge is 0.251 e. The van der Waals surface area contributed by atoms with E-state index < -0.39 is 5.60 Å². The second-order valence-electron chi connectivity index (χ2n) is 4.02. The lowest BCUT2D eigenvalue weighted by molar-refractivity contribution is -0.146. The Kier molecular flexibility index (Phi) is 2.42. The highest BCUT2D eigenvalue weighted by Crippen LogP contribution is 2.20. The van der Waals surface area contributed by atoms with Crippen LogP contribution in [0.2, 0.25) is 0 Å². The van der Waals surface area contributed by atoms with E-state index >= 15 is 0 Å². The van der Waals surface area contributed by atoms with E-state index in [1.165, 1.54) is 0 Å². The summed E-state index contributed by atoms with van der Waals surface area (Å²) in [6, 6.07) is 0. The van der Waals surface area contributed by atoms with Gasteiger partial charge in [0.25, 0.3) is 5.91 Å². The second kappa shape index (κ2) is 3.05. The Morgan fingerprint density at radius 2 is 2.08 bits per heavy atom. The van der Waals surface area contributed by atoms with Gasteiger partial charge in [-0.1, -0.05) is 6.92 Å². The Morgan fingerprint density at radius 3 is 2.67 bits per heavy atom. The van der Waals surface area contributed by atoms with Gasteiger partial charge in [-0.15, -0.1) is 0 Å².